The molecule has 8 nitrogen and oxygen atoms in total. The van der Waals surface area contributed by atoms with Gasteiger partial charge in [-0.2, -0.15) is 0 Å². The van der Waals surface area contributed by atoms with Gasteiger partial charge in [-0.25, -0.2) is 0 Å². The number of amides is 2. The van der Waals surface area contributed by atoms with E-state index in [0.29, 0.717) is 0 Å². The minimum atomic E-state index is -0.718. The highest BCUT2D eigenvalue weighted by molar-refractivity contribution is 6.32. The number of carbonyl (C=O) groups is 2. The van der Waals surface area contributed by atoms with Gasteiger partial charge in [-0.3, -0.25) is 35.5 Å². The van der Waals surface area contributed by atoms with Crippen molar-refractivity contribution < 1.29 is 14.5 Å². The van der Waals surface area contributed by atoms with Crippen molar-refractivity contribution in [3.05, 3.63) is 69.0 Å². The minimum Gasteiger partial charge on any atom is -0.267 e. The molecule has 0 unspecified atom stereocenters. The van der Waals surface area contributed by atoms with Crippen molar-refractivity contribution in [1.82, 2.24) is 15.8 Å². The van der Waals surface area contributed by atoms with Crippen LogP contribution in [0.15, 0.2) is 42.6 Å². The Balaban J connectivity index is 2.05. The molecule has 0 bridgehead atoms. The van der Waals surface area contributed by atoms with Crippen molar-refractivity contribution in [3.8, 4) is 0 Å². The van der Waals surface area contributed by atoms with Gasteiger partial charge in [0.05, 0.1) is 4.92 Å². The summed E-state index contributed by atoms with van der Waals surface area (Å²) in [5, 5.41) is 10.7. The Kier molecular flexibility index (Phi) is 4.64. The SMILES string of the molecule is O=C(NNC(=O)c1ccccn1)c1ccc(Cl)c([N+](=O)[O-])c1. The van der Waals surface area contributed by atoms with Crippen LogP contribution in [-0.4, -0.2) is 21.7 Å². The van der Waals surface area contributed by atoms with Crippen LogP contribution in [0.3, 0.4) is 0 Å². The first-order chi connectivity index (χ1) is 10.5. The zero-order valence-electron chi connectivity index (χ0n) is 10.9. The number of benzene rings is 1. The lowest BCUT2D eigenvalue weighted by atomic mass is 10.2. The molecule has 0 radical (unpaired) electrons. The average molecular weight is 321 g/mol. The third kappa shape index (κ3) is 3.55. The van der Waals surface area contributed by atoms with Gasteiger partial charge in [-0.05, 0) is 24.3 Å². The van der Waals surface area contributed by atoms with Crippen LogP contribution < -0.4 is 10.9 Å². The number of halogens is 1. The molecule has 9 heteroatoms. The van der Waals surface area contributed by atoms with E-state index in [0.717, 1.165) is 6.07 Å². The Morgan fingerprint density at radius 1 is 1.14 bits per heavy atom. The Morgan fingerprint density at radius 3 is 2.50 bits per heavy atom. The smallest absolute Gasteiger partial charge is 0.267 e. The molecule has 0 fully saturated rings. The highest BCUT2D eigenvalue weighted by atomic mass is 35.5. The van der Waals surface area contributed by atoms with E-state index in [1.807, 2.05) is 0 Å². The van der Waals surface area contributed by atoms with Crippen LogP contribution in [0.5, 0.6) is 0 Å². The molecule has 2 N–H and O–H groups in total. The maximum atomic E-state index is 11.9. The van der Waals surface area contributed by atoms with Crippen molar-refractivity contribution in [3.63, 3.8) is 0 Å². The average Bonchev–Trinajstić information content (AvgIpc) is 2.53. The standard InChI is InChI=1S/C13H9ClN4O4/c14-9-5-4-8(7-11(9)18(21)22)12(19)16-17-13(20)10-3-1-2-6-15-10/h1-7H,(H,16,19)(H,17,20). The fourth-order valence-electron chi connectivity index (χ4n) is 1.54. The Hall–Kier alpha value is -3.00. The third-order valence-corrected chi connectivity index (χ3v) is 2.91. The fourth-order valence-corrected chi connectivity index (χ4v) is 1.73. The molecule has 0 aliphatic heterocycles. The van der Waals surface area contributed by atoms with E-state index in [2.05, 4.69) is 15.8 Å². The number of nitrogens with zero attached hydrogens (tertiary/aromatic N) is 2. The summed E-state index contributed by atoms with van der Waals surface area (Å²) in [6, 6.07) is 8.28. The Bertz CT molecular complexity index is 736. The second-order valence-electron chi connectivity index (χ2n) is 4.05. The highest BCUT2D eigenvalue weighted by Crippen LogP contribution is 2.24. The second-order valence-corrected chi connectivity index (χ2v) is 4.45. The van der Waals surface area contributed by atoms with E-state index in [1.165, 1.54) is 24.4 Å². The van der Waals surface area contributed by atoms with Crippen molar-refractivity contribution >= 4 is 29.1 Å². The molecule has 2 aromatic rings. The predicted molar refractivity (Wildman–Crippen MR) is 77.3 cm³/mol. The Morgan fingerprint density at radius 2 is 1.86 bits per heavy atom. The molecule has 0 atom stereocenters. The lowest BCUT2D eigenvalue weighted by molar-refractivity contribution is -0.384. The van der Waals surface area contributed by atoms with Gasteiger partial charge in [0.1, 0.15) is 10.7 Å². The minimum absolute atomic E-state index is 0.0163. The molecule has 2 rings (SSSR count). The molecule has 0 spiro atoms. The van der Waals surface area contributed by atoms with E-state index in [1.54, 1.807) is 12.1 Å². The molecule has 0 saturated heterocycles. The summed E-state index contributed by atoms with van der Waals surface area (Å²) >= 11 is 5.65. The van der Waals surface area contributed by atoms with Gasteiger partial charge in [0.2, 0.25) is 0 Å². The first-order valence-electron chi connectivity index (χ1n) is 5.94. The molecule has 1 aromatic heterocycles. The topological polar surface area (TPSA) is 114 Å². The van der Waals surface area contributed by atoms with E-state index in [9.17, 15) is 19.7 Å². The van der Waals surface area contributed by atoms with Crippen LogP contribution in [-0.2, 0) is 0 Å². The molecule has 2 amide bonds. The summed E-state index contributed by atoms with van der Waals surface area (Å²) in [4.78, 5) is 37.4. The third-order valence-electron chi connectivity index (χ3n) is 2.59. The molecular weight excluding hydrogens is 312 g/mol. The number of nitro groups is 1. The van der Waals surface area contributed by atoms with Gasteiger partial charge in [0.15, 0.2) is 0 Å². The molecule has 0 aliphatic rings. The van der Waals surface area contributed by atoms with E-state index in [-0.39, 0.29) is 16.3 Å². The molecule has 112 valence electrons. The first-order valence-corrected chi connectivity index (χ1v) is 6.32. The summed E-state index contributed by atoms with van der Waals surface area (Å²) in [6.45, 7) is 0. The molecular formula is C13H9ClN4O4. The van der Waals surface area contributed by atoms with Crippen LogP contribution in [0.2, 0.25) is 5.02 Å². The molecule has 0 aliphatic carbocycles. The summed E-state index contributed by atoms with van der Waals surface area (Å²) in [6.07, 6.45) is 1.43. The number of hydrogen-bond donors (Lipinski definition) is 2. The van der Waals surface area contributed by atoms with E-state index < -0.39 is 22.4 Å². The largest absolute Gasteiger partial charge is 0.288 e. The number of nitrogens with one attached hydrogen (secondary N) is 2. The first kappa shape index (κ1) is 15.4. The quantitative estimate of drug-likeness (QED) is 0.660. The van der Waals surface area contributed by atoms with Gasteiger partial charge in [0.25, 0.3) is 17.5 Å². The monoisotopic (exact) mass is 320 g/mol. The lowest BCUT2D eigenvalue weighted by Crippen LogP contribution is -2.41. The number of hydrazine groups is 1. The summed E-state index contributed by atoms with van der Waals surface area (Å²) in [7, 11) is 0. The predicted octanol–water partition coefficient (Wildman–Crippen LogP) is 1.72. The van der Waals surface area contributed by atoms with Crippen LogP contribution >= 0.6 is 11.6 Å². The van der Waals surface area contributed by atoms with Crippen molar-refractivity contribution in [2.75, 3.05) is 0 Å². The summed E-state index contributed by atoms with van der Waals surface area (Å²) in [5.41, 5.74) is 4.00. The Labute approximate surface area is 129 Å². The molecule has 22 heavy (non-hydrogen) atoms. The van der Waals surface area contributed by atoms with Crippen LogP contribution in [0, 0.1) is 10.1 Å². The second kappa shape index (κ2) is 6.64. The fraction of sp³-hybridized carbons (Fsp3) is 0. The number of carbonyl (C=O) groups excluding carboxylic acids is 2. The van der Waals surface area contributed by atoms with E-state index in [4.69, 9.17) is 11.6 Å². The summed E-state index contributed by atoms with van der Waals surface area (Å²) < 4.78 is 0. The normalized spacial score (nSPS) is 9.86. The van der Waals surface area contributed by atoms with Gasteiger partial charge in [-0.1, -0.05) is 17.7 Å². The number of aromatic nitrogens is 1. The number of nitro benzene ring substituents is 1. The van der Waals surface area contributed by atoms with E-state index >= 15 is 0 Å². The zero-order chi connectivity index (χ0) is 16.1. The van der Waals surface area contributed by atoms with Crippen LogP contribution in [0.4, 0.5) is 5.69 Å². The van der Waals surface area contributed by atoms with Gasteiger partial charge < -0.3 is 0 Å². The van der Waals surface area contributed by atoms with Crippen LogP contribution in [0.1, 0.15) is 20.8 Å². The lowest BCUT2D eigenvalue weighted by Gasteiger charge is -2.07. The highest BCUT2D eigenvalue weighted by Gasteiger charge is 2.17. The summed E-state index contributed by atoms with van der Waals surface area (Å²) in [5.74, 6) is -1.33. The number of rotatable bonds is 3. The van der Waals surface area contributed by atoms with Gasteiger partial charge >= 0.3 is 0 Å². The van der Waals surface area contributed by atoms with Crippen molar-refractivity contribution in [1.29, 1.82) is 0 Å². The number of pyridine rings is 1. The van der Waals surface area contributed by atoms with Crippen molar-refractivity contribution in [2.45, 2.75) is 0 Å². The maximum absolute atomic E-state index is 11.9. The molecule has 1 aromatic carbocycles. The zero-order valence-corrected chi connectivity index (χ0v) is 11.7. The van der Waals surface area contributed by atoms with Crippen LogP contribution in [0.25, 0.3) is 0 Å². The molecule has 1 heterocycles. The molecule has 0 saturated carbocycles. The van der Waals surface area contributed by atoms with Crippen molar-refractivity contribution in [2.24, 2.45) is 0 Å². The van der Waals surface area contributed by atoms with Gasteiger partial charge in [-0.15, -0.1) is 0 Å². The van der Waals surface area contributed by atoms with Gasteiger partial charge in [0, 0.05) is 17.8 Å². The maximum Gasteiger partial charge on any atom is 0.288 e. The number of hydrogen-bond acceptors (Lipinski definition) is 5.